The normalized spacial score (nSPS) is 14.6. The van der Waals surface area contributed by atoms with Crippen LogP contribution in [0.3, 0.4) is 0 Å². The predicted octanol–water partition coefficient (Wildman–Crippen LogP) is 2.80. The van der Waals surface area contributed by atoms with E-state index < -0.39 is 5.97 Å². The molecule has 1 aliphatic rings. The third-order valence-electron chi connectivity index (χ3n) is 2.52. The molecule has 1 saturated carbocycles. The number of ether oxygens (including phenoxy) is 2. The van der Waals surface area contributed by atoms with E-state index in [1.54, 1.807) is 0 Å². The van der Waals surface area contributed by atoms with E-state index in [4.69, 9.17) is 26.2 Å². The second-order valence-corrected chi connectivity index (χ2v) is 4.46. The number of benzene rings is 1. The smallest absolute Gasteiger partial charge is 0.339 e. The van der Waals surface area contributed by atoms with E-state index in [1.807, 2.05) is 0 Å². The van der Waals surface area contributed by atoms with Crippen LogP contribution in [-0.2, 0) is 4.74 Å². The molecule has 1 N–H and O–H groups in total. The van der Waals surface area contributed by atoms with Gasteiger partial charge in [-0.1, -0.05) is 11.6 Å². The molecule has 0 aliphatic heterocycles. The van der Waals surface area contributed by atoms with Crippen molar-refractivity contribution in [2.45, 2.75) is 12.8 Å². The molecule has 1 aromatic rings. The first-order valence-corrected chi connectivity index (χ1v) is 5.78. The van der Waals surface area contributed by atoms with E-state index in [0.717, 1.165) is 0 Å². The lowest BCUT2D eigenvalue weighted by Crippen LogP contribution is -2.08. The van der Waals surface area contributed by atoms with Crippen molar-refractivity contribution in [2.75, 3.05) is 13.4 Å². The monoisotopic (exact) mass is 256 g/mol. The number of hydrogen-bond acceptors (Lipinski definition) is 3. The Labute approximate surface area is 104 Å². The van der Waals surface area contributed by atoms with Gasteiger partial charge in [-0.15, -0.1) is 0 Å². The van der Waals surface area contributed by atoms with Gasteiger partial charge < -0.3 is 14.6 Å². The minimum atomic E-state index is -1.04. The molecule has 0 bridgehead atoms. The van der Waals surface area contributed by atoms with E-state index in [-0.39, 0.29) is 18.1 Å². The first-order chi connectivity index (χ1) is 8.16. The van der Waals surface area contributed by atoms with E-state index in [1.165, 1.54) is 31.0 Å². The Morgan fingerprint density at radius 2 is 2.24 bits per heavy atom. The van der Waals surface area contributed by atoms with Gasteiger partial charge in [-0.2, -0.15) is 0 Å². The number of halogens is 1. The standard InChI is InChI=1S/C12H13ClO4/c13-9-3-4-10(12(14)15)11(5-9)17-7-16-6-8-1-2-8/h3-5,8H,1-2,6-7H2,(H,14,15). The van der Waals surface area contributed by atoms with Gasteiger partial charge in [-0.3, -0.25) is 0 Å². The topological polar surface area (TPSA) is 55.8 Å². The molecule has 0 spiro atoms. The van der Waals surface area contributed by atoms with Crippen LogP contribution >= 0.6 is 11.6 Å². The van der Waals surface area contributed by atoms with Gasteiger partial charge in [0.2, 0.25) is 0 Å². The molecule has 17 heavy (non-hydrogen) atoms. The van der Waals surface area contributed by atoms with Gasteiger partial charge in [0.25, 0.3) is 0 Å². The summed E-state index contributed by atoms with van der Waals surface area (Å²) in [5.74, 6) is -0.156. The molecule has 0 atom stereocenters. The first-order valence-electron chi connectivity index (χ1n) is 5.40. The maximum Gasteiger partial charge on any atom is 0.339 e. The average Bonchev–Trinajstić information content (AvgIpc) is 3.08. The highest BCUT2D eigenvalue weighted by Gasteiger charge is 2.21. The molecular weight excluding hydrogens is 244 g/mol. The van der Waals surface area contributed by atoms with Crippen LogP contribution in [0, 0.1) is 5.92 Å². The van der Waals surface area contributed by atoms with Crippen LogP contribution in [0.2, 0.25) is 5.02 Å². The van der Waals surface area contributed by atoms with Gasteiger partial charge >= 0.3 is 5.97 Å². The molecule has 0 amide bonds. The van der Waals surface area contributed by atoms with E-state index >= 15 is 0 Å². The molecule has 2 rings (SSSR count). The summed E-state index contributed by atoms with van der Waals surface area (Å²) in [5, 5.41) is 9.38. The molecule has 1 aliphatic carbocycles. The number of carboxylic acid groups (broad SMARTS) is 1. The minimum absolute atomic E-state index is 0.0527. The van der Waals surface area contributed by atoms with Gasteiger partial charge in [-0.05, 0) is 37.0 Å². The highest BCUT2D eigenvalue weighted by atomic mass is 35.5. The molecule has 92 valence electrons. The number of carboxylic acids is 1. The Balaban J connectivity index is 1.92. The van der Waals surface area contributed by atoms with Crippen LogP contribution in [0.25, 0.3) is 0 Å². The van der Waals surface area contributed by atoms with Crippen LogP contribution in [-0.4, -0.2) is 24.5 Å². The number of rotatable bonds is 6. The summed E-state index contributed by atoms with van der Waals surface area (Å²) in [6.45, 7) is 0.722. The fraction of sp³-hybridized carbons (Fsp3) is 0.417. The fourth-order valence-electron chi connectivity index (χ4n) is 1.40. The molecule has 1 fully saturated rings. The molecule has 0 unspecified atom stereocenters. The molecule has 0 aromatic heterocycles. The third kappa shape index (κ3) is 3.61. The number of hydrogen-bond donors (Lipinski definition) is 1. The van der Waals surface area contributed by atoms with E-state index in [2.05, 4.69) is 0 Å². The quantitative estimate of drug-likeness (QED) is 0.628. The van der Waals surface area contributed by atoms with Crippen molar-refractivity contribution in [1.82, 2.24) is 0 Å². The van der Waals surface area contributed by atoms with E-state index in [9.17, 15) is 4.79 Å². The maximum absolute atomic E-state index is 10.9. The first kappa shape index (κ1) is 12.2. The summed E-state index contributed by atoms with van der Waals surface area (Å²) >= 11 is 5.78. The highest BCUT2D eigenvalue weighted by Crippen LogP contribution is 2.29. The average molecular weight is 257 g/mol. The molecule has 0 radical (unpaired) electrons. The van der Waals surface area contributed by atoms with Crippen LogP contribution in [0.1, 0.15) is 23.2 Å². The zero-order valence-electron chi connectivity index (χ0n) is 9.19. The molecule has 4 nitrogen and oxygen atoms in total. The summed E-state index contributed by atoms with van der Waals surface area (Å²) in [5.41, 5.74) is 0.0874. The van der Waals surface area contributed by atoms with Gasteiger partial charge in [0.1, 0.15) is 11.3 Å². The van der Waals surface area contributed by atoms with Gasteiger partial charge in [-0.25, -0.2) is 4.79 Å². The lowest BCUT2D eigenvalue weighted by Gasteiger charge is -2.09. The Morgan fingerprint density at radius 3 is 2.88 bits per heavy atom. The lowest BCUT2D eigenvalue weighted by atomic mass is 10.2. The SMILES string of the molecule is O=C(O)c1ccc(Cl)cc1OCOCC1CC1. The Morgan fingerprint density at radius 1 is 1.47 bits per heavy atom. The molecule has 1 aromatic carbocycles. The highest BCUT2D eigenvalue weighted by molar-refractivity contribution is 6.30. The lowest BCUT2D eigenvalue weighted by molar-refractivity contribution is 0.00920. The molecule has 0 saturated heterocycles. The second kappa shape index (κ2) is 5.38. The van der Waals surface area contributed by atoms with Crippen LogP contribution in [0.15, 0.2) is 18.2 Å². The maximum atomic E-state index is 10.9. The van der Waals surface area contributed by atoms with Crippen molar-refractivity contribution in [1.29, 1.82) is 0 Å². The van der Waals surface area contributed by atoms with Gasteiger partial charge in [0.15, 0.2) is 6.79 Å². The van der Waals surface area contributed by atoms with Crippen molar-refractivity contribution in [3.05, 3.63) is 28.8 Å². The van der Waals surface area contributed by atoms with Crippen molar-refractivity contribution in [3.8, 4) is 5.75 Å². The van der Waals surface area contributed by atoms with Gasteiger partial charge in [0.05, 0.1) is 6.61 Å². The Bertz CT molecular complexity index is 415. The predicted molar refractivity (Wildman–Crippen MR) is 62.6 cm³/mol. The van der Waals surface area contributed by atoms with Crippen LogP contribution in [0.5, 0.6) is 5.75 Å². The van der Waals surface area contributed by atoms with Crippen molar-refractivity contribution >= 4 is 17.6 Å². The molecule has 5 heteroatoms. The summed E-state index contributed by atoms with van der Waals surface area (Å²) in [4.78, 5) is 10.9. The molecule has 0 heterocycles. The third-order valence-corrected chi connectivity index (χ3v) is 2.76. The fourth-order valence-corrected chi connectivity index (χ4v) is 1.56. The summed E-state index contributed by atoms with van der Waals surface area (Å²) in [6, 6.07) is 4.41. The van der Waals surface area contributed by atoms with Gasteiger partial charge in [0, 0.05) is 5.02 Å². The second-order valence-electron chi connectivity index (χ2n) is 4.02. The van der Waals surface area contributed by atoms with Crippen molar-refractivity contribution in [2.24, 2.45) is 5.92 Å². The number of carbonyl (C=O) groups is 1. The van der Waals surface area contributed by atoms with E-state index in [0.29, 0.717) is 17.5 Å². The zero-order valence-corrected chi connectivity index (χ0v) is 9.94. The van der Waals surface area contributed by atoms with Crippen LogP contribution < -0.4 is 4.74 Å². The molecular formula is C12H13ClO4. The minimum Gasteiger partial charge on any atom is -0.478 e. The Hall–Kier alpha value is -1.26. The summed E-state index contributed by atoms with van der Waals surface area (Å²) in [6.07, 6.45) is 2.41. The van der Waals surface area contributed by atoms with Crippen molar-refractivity contribution in [3.63, 3.8) is 0 Å². The van der Waals surface area contributed by atoms with Crippen molar-refractivity contribution < 1.29 is 19.4 Å². The summed E-state index contributed by atoms with van der Waals surface area (Å²) < 4.78 is 10.5. The van der Waals surface area contributed by atoms with Crippen LogP contribution in [0.4, 0.5) is 0 Å². The zero-order chi connectivity index (χ0) is 12.3. The largest absolute Gasteiger partial charge is 0.478 e. The summed E-state index contributed by atoms with van der Waals surface area (Å²) in [7, 11) is 0. The number of aromatic carboxylic acids is 1. The Kier molecular flexibility index (Phi) is 3.86.